The molecule has 3 rings (SSSR count). The number of nitrogens with one attached hydrogen (secondary N) is 1. The highest BCUT2D eigenvalue weighted by Gasteiger charge is 2.08. The molecule has 0 aliphatic carbocycles. The fourth-order valence-electron chi connectivity index (χ4n) is 2.42. The van der Waals surface area contributed by atoms with Crippen LogP contribution in [0, 0.1) is 6.92 Å². The van der Waals surface area contributed by atoms with Gasteiger partial charge in [-0.05, 0) is 51.3 Å². The van der Waals surface area contributed by atoms with Gasteiger partial charge in [0.15, 0.2) is 0 Å². The minimum absolute atomic E-state index is 0.0643. The largest absolute Gasteiger partial charge is 0.310 e. The number of carbonyl (C=O) groups is 1. The van der Waals surface area contributed by atoms with Gasteiger partial charge in [-0.1, -0.05) is 42.5 Å². The van der Waals surface area contributed by atoms with Gasteiger partial charge in [-0.25, -0.2) is 4.98 Å². The third-order valence-electron chi connectivity index (χ3n) is 3.52. The maximum atomic E-state index is 12.3. The molecule has 3 aromatic rings. The molecule has 0 unspecified atom stereocenters. The number of hydrogen-bond acceptors (Lipinski definition) is 2. The van der Waals surface area contributed by atoms with Gasteiger partial charge in [0.2, 0.25) is 5.91 Å². The molecule has 0 radical (unpaired) electrons. The van der Waals surface area contributed by atoms with Gasteiger partial charge in [0, 0.05) is 4.47 Å². The van der Waals surface area contributed by atoms with Crippen molar-refractivity contribution in [2.45, 2.75) is 13.3 Å². The van der Waals surface area contributed by atoms with Crippen LogP contribution >= 0.6 is 15.9 Å². The second-order valence-corrected chi connectivity index (χ2v) is 5.98. The second kappa shape index (κ2) is 6.28. The number of anilines is 1. The number of aryl methyl sites for hydroxylation is 1. The van der Waals surface area contributed by atoms with E-state index in [4.69, 9.17) is 0 Å². The maximum Gasteiger partial charge on any atom is 0.229 e. The van der Waals surface area contributed by atoms with Crippen molar-refractivity contribution in [3.05, 3.63) is 70.3 Å². The highest BCUT2D eigenvalue weighted by atomic mass is 79.9. The van der Waals surface area contributed by atoms with E-state index in [9.17, 15) is 4.79 Å². The second-order valence-electron chi connectivity index (χ2n) is 5.13. The molecule has 0 atom stereocenters. The monoisotopic (exact) mass is 354 g/mol. The summed E-state index contributed by atoms with van der Waals surface area (Å²) in [6.45, 7) is 1.89. The van der Waals surface area contributed by atoms with E-state index in [-0.39, 0.29) is 5.91 Å². The summed E-state index contributed by atoms with van der Waals surface area (Å²) in [5.74, 6) is 0.511. The van der Waals surface area contributed by atoms with Crippen LogP contribution in [0.2, 0.25) is 0 Å². The molecule has 2 aromatic carbocycles. The Morgan fingerprint density at radius 1 is 1.09 bits per heavy atom. The topological polar surface area (TPSA) is 42.0 Å². The molecule has 1 N–H and O–H groups in total. The van der Waals surface area contributed by atoms with E-state index in [0.717, 1.165) is 26.5 Å². The summed E-state index contributed by atoms with van der Waals surface area (Å²) in [6.07, 6.45) is 0.331. The molecule has 0 aliphatic rings. The fraction of sp³-hybridized carbons (Fsp3) is 0.111. The number of rotatable bonds is 3. The van der Waals surface area contributed by atoms with Crippen LogP contribution in [-0.2, 0) is 11.2 Å². The zero-order valence-electron chi connectivity index (χ0n) is 12.1. The molecule has 4 heteroatoms. The predicted molar refractivity (Wildman–Crippen MR) is 93.0 cm³/mol. The van der Waals surface area contributed by atoms with Crippen molar-refractivity contribution in [1.82, 2.24) is 4.98 Å². The van der Waals surface area contributed by atoms with Crippen molar-refractivity contribution in [3.8, 4) is 0 Å². The number of hydrogen-bond donors (Lipinski definition) is 1. The molecule has 0 aliphatic heterocycles. The molecular formula is C18H15BrN2O. The molecule has 0 saturated heterocycles. The van der Waals surface area contributed by atoms with Crippen molar-refractivity contribution in [2.24, 2.45) is 0 Å². The Hall–Kier alpha value is -2.20. The molecule has 1 aromatic heterocycles. The molecule has 0 fully saturated rings. The van der Waals surface area contributed by atoms with E-state index < -0.39 is 0 Å². The minimum Gasteiger partial charge on any atom is -0.310 e. The lowest BCUT2D eigenvalue weighted by Crippen LogP contribution is -2.15. The van der Waals surface area contributed by atoms with Gasteiger partial charge in [-0.2, -0.15) is 0 Å². The number of carbonyl (C=O) groups excluding carboxylic acids is 1. The van der Waals surface area contributed by atoms with Gasteiger partial charge in [0.05, 0.1) is 12.1 Å². The highest BCUT2D eigenvalue weighted by molar-refractivity contribution is 9.10. The Balaban J connectivity index is 1.80. The summed E-state index contributed by atoms with van der Waals surface area (Å²) < 4.78 is 0.930. The van der Waals surface area contributed by atoms with Crippen molar-refractivity contribution in [3.63, 3.8) is 0 Å². The van der Waals surface area contributed by atoms with Crippen LogP contribution in [0.3, 0.4) is 0 Å². The van der Waals surface area contributed by atoms with Gasteiger partial charge >= 0.3 is 0 Å². The van der Waals surface area contributed by atoms with Crippen LogP contribution in [0.5, 0.6) is 0 Å². The maximum absolute atomic E-state index is 12.3. The average Bonchev–Trinajstić information content (AvgIpc) is 2.51. The molecule has 3 nitrogen and oxygen atoms in total. The Labute approximate surface area is 137 Å². The number of pyridine rings is 1. The lowest BCUT2D eigenvalue weighted by molar-refractivity contribution is -0.115. The van der Waals surface area contributed by atoms with Gasteiger partial charge in [0.1, 0.15) is 5.82 Å². The third-order valence-corrected chi connectivity index (χ3v) is 4.36. The van der Waals surface area contributed by atoms with Crippen molar-refractivity contribution >= 4 is 38.4 Å². The zero-order valence-corrected chi connectivity index (χ0v) is 13.7. The summed E-state index contributed by atoms with van der Waals surface area (Å²) in [5.41, 5.74) is 1.87. The lowest BCUT2D eigenvalue weighted by atomic mass is 10.0. The Kier molecular flexibility index (Phi) is 4.20. The quantitative estimate of drug-likeness (QED) is 0.752. The molecule has 0 bridgehead atoms. The smallest absolute Gasteiger partial charge is 0.229 e. The van der Waals surface area contributed by atoms with E-state index in [0.29, 0.717) is 12.2 Å². The van der Waals surface area contributed by atoms with Crippen molar-refractivity contribution in [1.29, 1.82) is 0 Å². The Morgan fingerprint density at radius 3 is 2.68 bits per heavy atom. The van der Waals surface area contributed by atoms with Crippen LogP contribution < -0.4 is 5.32 Å². The first-order chi connectivity index (χ1) is 10.6. The first-order valence-corrected chi connectivity index (χ1v) is 7.82. The van der Waals surface area contributed by atoms with Gasteiger partial charge in [-0.15, -0.1) is 0 Å². The van der Waals surface area contributed by atoms with E-state index in [1.165, 1.54) is 0 Å². The number of benzene rings is 2. The van der Waals surface area contributed by atoms with Crippen LogP contribution in [0.4, 0.5) is 5.82 Å². The molecule has 0 saturated carbocycles. The van der Waals surface area contributed by atoms with Gasteiger partial charge < -0.3 is 5.32 Å². The van der Waals surface area contributed by atoms with Crippen molar-refractivity contribution < 1.29 is 4.79 Å². The number of aromatic nitrogens is 1. The third kappa shape index (κ3) is 3.17. The molecule has 1 heterocycles. The SMILES string of the molecule is Cc1nc(NC(=O)Cc2cccc3ccccc23)ccc1Br. The summed E-state index contributed by atoms with van der Waals surface area (Å²) in [5, 5.41) is 5.11. The Morgan fingerprint density at radius 2 is 1.86 bits per heavy atom. The van der Waals surface area contributed by atoms with E-state index >= 15 is 0 Å². The van der Waals surface area contributed by atoms with Crippen molar-refractivity contribution in [2.75, 3.05) is 5.32 Å². The summed E-state index contributed by atoms with van der Waals surface area (Å²) >= 11 is 3.40. The standard InChI is InChI=1S/C18H15BrN2O/c1-12-16(19)9-10-17(20-12)21-18(22)11-14-7-4-6-13-5-2-3-8-15(13)14/h2-10H,11H2,1H3,(H,20,21,22). The fourth-order valence-corrected chi connectivity index (χ4v) is 2.64. The molecule has 22 heavy (non-hydrogen) atoms. The average molecular weight is 355 g/mol. The van der Waals surface area contributed by atoms with Gasteiger partial charge in [0.25, 0.3) is 0 Å². The van der Waals surface area contributed by atoms with Crippen LogP contribution in [0.1, 0.15) is 11.3 Å². The normalized spacial score (nSPS) is 10.6. The minimum atomic E-state index is -0.0643. The molecule has 110 valence electrons. The number of amides is 1. The zero-order chi connectivity index (χ0) is 15.5. The van der Waals surface area contributed by atoms with Crippen LogP contribution in [-0.4, -0.2) is 10.9 Å². The highest BCUT2D eigenvalue weighted by Crippen LogP contribution is 2.20. The number of nitrogens with zero attached hydrogens (tertiary/aromatic N) is 1. The lowest BCUT2D eigenvalue weighted by Gasteiger charge is -2.08. The summed E-state index contributed by atoms with van der Waals surface area (Å²) in [6, 6.07) is 17.8. The molecule has 0 spiro atoms. The Bertz CT molecular complexity index is 840. The first-order valence-electron chi connectivity index (χ1n) is 7.03. The predicted octanol–water partition coefficient (Wildman–Crippen LogP) is 4.49. The summed E-state index contributed by atoms with van der Waals surface area (Å²) in [4.78, 5) is 16.6. The van der Waals surface area contributed by atoms with Gasteiger partial charge in [-0.3, -0.25) is 4.79 Å². The number of fused-ring (bicyclic) bond motifs is 1. The van der Waals surface area contributed by atoms with E-state index in [1.807, 2.05) is 43.3 Å². The van der Waals surface area contributed by atoms with Crippen LogP contribution in [0.25, 0.3) is 10.8 Å². The first kappa shape index (κ1) is 14.7. The molecule has 1 amide bonds. The van der Waals surface area contributed by atoms with Crippen LogP contribution in [0.15, 0.2) is 59.1 Å². The molecular weight excluding hydrogens is 340 g/mol. The summed E-state index contributed by atoms with van der Waals surface area (Å²) in [7, 11) is 0. The van der Waals surface area contributed by atoms with E-state index in [2.05, 4.69) is 38.4 Å². The number of halogens is 1. The van der Waals surface area contributed by atoms with E-state index in [1.54, 1.807) is 6.07 Å².